The third-order valence-corrected chi connectivity index (χ3v) is 3.04. The number of carbonyl (C=O) groups excluding carboxylic acids is 1. The molecule has 0 bridgehead atoms. The number of para-hydroxylation sites is 1. The Bertz CT molecular complexity index is 577. The number of aryl methyl sites for hydroxylation is 1. The minimum absolute atomic E-state index is 0.0538. The van der Waals surface area contributed by atoms with Crippen LogP contribution in [-0.2, 0) is 5.60 Å². The average molecular weight is 274 g/mol. The first kappa shape index (κ1) is 14.1. The van der Waals surface area contributed by atoms with E-state index in [4.69, 9.17) is 4.42 Å². The summed E-state index contributed by atoms with van der Waals surface area (Å²) in [5.41, 5.74) is 0.468. The highest BCUT2D eigenvalue weighted by Crippen LogP contribution is 2.20. The van der Waals surface area contributed by atoms with Gasteiger partial charge in [-0.05, 0) is 37.6 Å². The topological polar surface area (TPSA) is 74.5 Å². The SMILES string of the molecule is Cc1ccccc1NC(=O)NC[C@@](C)(O)c1ccco1. The molecule has 1 aromatic carbocycles. The molecule has 0 saturated heterocycles. The molecule has 2 amide bonds. The van der Waals surface area contributed by atoms with Crippen molar-refractivity contribution in [2.75, 3.05) is 11.9 Å². The van der Waals surface area contributed by atoms with Gasteiger partial charge in [0.15, 0.2) is 0 Å². The number of amides is 2. The van der Waals surface area contributed by atoms with Crippen molar-refractivity contribution in [3.8, 4) is 0 Å². The van der Waals surface area contributed by atoms with Gasteiger partial charge in [-0.15, -0.1) is 0 Å². The van der Waals surface area contributed by atoms with Crippen LogP contribution >= 0.6 is 0 Å². The molecule has 2 aromatic rings. The van der Waals surface area contributed by atoms with Crippen LogP contribution in [0.2, 0.25) is 0 Å². The zero-order chi connectivity index (χ0) is 14.6. The van der Waals surface area contributed by atoms with Crippen molar-refractivity contribution >= 4 is 11.7 Å². The van der Waals surface area contributed by atoms with Crippen LogP contribution in [0.15, 0.2) is 47.1 Å². The first-order valence-corrected chi connectivity index (χ1v) is 6.36. The summed E-state index contributed by atoms with van der Waals surface area (Å²) in [6.45, 7) is 3.55. The highest BCUT2D eigenvalue weighted by atomic mass is 16.4. The maximum absolute atomic E-state index is 11.8. The van der Waals surface area contributed by atoms with E-state index in [9.17, 15) is 9.90 Å². The highest BCUT2D eigenvalue weighted by molar-refractivity contribution is 5.90. The van der Waals surface area contributed by atoms with Gasteiger partial charge in [-0.25, -0.2) is 4.79 Å². The van der Waals surface area contributed by atoms with Crippen molar-refractivity contribution in [1.82, 2.24) is 5.32 Å². The van der Waals surface area contributed by atoms with Crippen molar-refractivity contribution in [2.45, 2.75) is 19.4 Å². The fourth-order valence-corrected chi connectivity index (χ4v) is 1.80. The van der Waals surface area contributed by atoms with E-state index in [1.165, 1.54) is 6.26 Å². The Balaban J connectivity index is 1.91. The first-order valence-electron chi connectivity index (χ1n) is 6.36. The van der Waals surface area contributed by atoms with Gasteiger partial charge in [-0.2, -0.15) is 0 Å². The standard InChI is InChI=1S/C15H18N2O3/c1-11-6-3-4-7-12(11)17-14(18)16-10-15(2,19)13-8-5-9-20-13/h3-9,19H,10H2,1-2H3,(H2,16,17,18)/t15-/m1/s1. The number of benzene rings is 1. The predicted molar refractivity (Wildman–Crippen MR) is 76.5 cm³/mol. The Morgan fingerprint density at radius 3 is 2.70 bits per heavy atom. The van der Waals surface area contributed by atoms with Gasteiger partial charge < -0.3 is 20.2 Å². The maximum Gasteiger partial charge on any atom is 0.319 e. The molecule has 0 aliphatic rings. The summed E-state index contributed by atoms with van der Waals surface area (Å²) in [7, 11) is 0. The molecule has 5 heteroatoms. The molecule has 0 aliphatic heterocycles. The summed E-state index contributed by atoms with van der Waals surface area (Å²) < 4.78 is 5.15. The molecular weight excluding hydrogens is 256 g/mol. The van der Waals surface area contributed by atoms with Gasteiger partial charge in [0, 0.05) is 5.69 Å². The zero-order valence-corrected chi connectivity index (χ0v) is 11.5. The molecule has 0 unspecified atom stereocenters. The lowest BCUT2D eigenvalue weighted by molar-refractivity contribution is 0.0372. The molecule has 106 valence electrons. The Morgan fingerprint density at radius 1 is 1.30 bits per heavy atom. The third kappa shape index (κ3) is 3.39. The molecule has 0 spiro atoms. The van der Waals surface area contributed by atoms with E-state index in [-0.39, 0.29) is 12.6 Å². The summed E-state index contributed by atoms with van der Waals surface area (Å²) in [4.78, 5) is 11.8. The summed E-state index contributed by atoms with van der Waals surface area (Å²) in [5.74, 6) is 0.411. The number of hydrogen-bond acceptors (Lipinski definition) is 3. The van der Waals surface area contributed by atoms with Gasteiger partial charge in [0.2, 0.25) is 0 Å². The molecular formula is C15H18N2O3. The van der Waals surface area contributed by atoms with E-state index in [0.29, 0.717) is 5.76 Å². The lowest BCUT2D eigenvalue weighted by atomic mass is 10.0. The minimum atomic E-state index is -1.24. The normalized spacial score (nSPS) is 13.6. The Labute approximate surface area is 117 Å². The fraction of sp³-hybridized carbons (Fsp3) is 0.267. The average Bonchev–Trinajstić information content (AvgIpc) is 2.94. The van der Waals surface area contributed by atoms with Crippen LogP contribution in [0.4, 0.5) is 10.5 Å². The van der Waals surface area contributed by atoms with Gasteiger partial charge >= 0.3 is 6.03 Å². The number of furan rings is 1. The molecule has 0 aliphatic carbocycles. The number of aliphatic hydroxyl groups is 1. The second-order valence-corrected chi connectivity index (χ2v) is 4.87. The molecule has 2 rings (SSSR count). The maximum atomic E-state index is 11.8. The first-order chi connectivity index (χ1) is 9.49. The van der Waals surface area contributed by atoms with E-state index in [2.05, 4.69) is 10.6 Å². The quantitative estimate of drug-likeness (QED) is 0.802. The van der Waals surface area contributed by atoms with Crippen LogP contribution in [0.1, 0.15) is 18.2 Å². The number of nitrogens with one attached hydrogen (secondary N) is 2. The van der Waals surface area contributed by atoms with Crippen molar-refractivity contribution in [3.63, 3.8) is 0 Å². The van der Waals surface area contributed by atoms with Gasteiger partial charge in [0.05, 0.1) is 12.8 Å². The fourth-order valence-electron chi connectivity index (χ4n) is 1.80. The van der Waals surface area contributed by atoms with E-state index >= 15 is 0 Å². The van der Waals surface area contributed by atoms with Crippen molar-refractivity contribution in [1.29, 1.82) is 0 Å². The van der Waals surface area contributed by atoms with Crippen LogP contribution in [0.5, 0.6) is 0 Å². The molecule has 20 heavy (non-hydrogen) atoms. The largest absolute Gasteiger partial charge is 0.466 e. The molecule has 1 atom stereocenters. The van der Waals surface area contributed by atoms with Crippen LogP contribution in [0.3, 0.4) is 0 Å². The van der Waals surface area contributed by atoms with E-state index in [1.807, 2.05) is 31.2 Å². The number of rotatable bonds is 4. The lowest BCUT2D eigenvalue weighted by Gasteiger charge is -2.21. The Morgan fingerprint density at radius 2 is 2.05 bits per heavy atom. The number of urea groups is 1. The Kier molecular flexibility index (Phi) is 4.10. The second kappa shape index (κ2) is 5.79. The van der Waals surface area contributed by atoms with E-state index in [0.717, 1.165) is 11.3 Å². The lowest BCUT2D eigenvalue weighted by Crippen LogP contribution is -2.40. The van der Waals surface area contributed by atoms with Crippen molar-refractivity contribution in [2.24, 2.45) is 0 Å². The molecule has 0 saturated carbocycles. The highest BCUT2D eigenvalue weighted by Gasteiger charge is 2.26. The van der Waals surface area contributed by atoms with Gasteiger partial charge in [-0.1, -0.05) is 18.2 Å². The summed E-state index contributed by atoms with van der Waals surface area (Å²) in [5, 5.41) is 15.6. The number of hydrogen-bond donors (Lipinski definition) is 3. The van der Waals surface area contributed by atoms with Crippen LogP contribution in [-0.4, -0.2) is 17.7 Å². The van der Waals surface area contributed by atoms with Gasteiger partial charge in [0.25, 0.3) is 0 Å². The molecule has 5 nitrogen and oxygen atoms in total. The van der Waals surface area contributed by atoms with Crippen LogP contribution < -0.4 is 10.6 Å². The van der Waals surface area contributed by atoms with Crippen LogP contribution in [0.25, 0.3) is 0 Å². The van der Waals surface area contributed by atoms with Gasteiger partial charge in [0.1, 0.15) is 11.4 Å². The van der Waals surface area contributed by atoms with E-state index in [1.54, 1.807) is 19.1 Å². The van der Waals surface area contributed by atoms with Gasteiger partial charge in [-0.3, -0.25) is 0 Å². The van der Waals surface area contributed by atoms with E-state index < -0.39 is 5.60 Å². The van der Waals surface area contributed by atoms with Crippen molar-refractivity contribution < 1.29 is 14.3 Å². The third-order valence-electron chi connectivity index (χ3n) is 3.04. The van der Waals surface area contributed by atoms with Crippen LogP contribution in [0, 0.1) is 6.92 Å². The molecule has 1 aromatic heterocycles. The molecule has 0 radical (unpaired) electrons. The minimum Gasteiger partial charge on any atom is -0.466 e. The predicted octanol–water partition coefficient (Wildman–Crippen LogP) is 2.62. The Hall–Kier alpha value is -2.27. The summed E-state index contributed by atoms with van der Waals surface area (Å²) in [6, 6.07) is 10.5. The monoisotopic (exact) mass is 274 g/mol. The second-order valence-electron chi connectivity index (χ2n) is 4.87. The molecule has 0 fully saturated rings. The smallest absolute Gasteiger partial charge is 0.319 e. The zero-order valence-electron chi connectivity index (χ0n) is 11.5. The molecule has 1 heterocycles. The summed E-state index contributed by atoms with van der Waals surface area (Å²) >= 11 is 0. The number of anilines is 1. The van der Waals surface area contributed by atoms with Crippen molar-refractivity contribution in [3.05, 3.63) is 54.0 Å². The summed E-state index contributed by atoms with van der Waals surface area (Å²) in [6.07, 6.45) is 1.48. The number of carbonyl (C=O) groups is 1. The molecule has 3 N–H and O–H groups in total.